The van der Waals surface area contributed by atoms with Crippen LogP contribution in [0.25, 0.3) is 0 Å². The second kappa shape index (κ2) is 4.61. The number of aromatic nitrogens is 1. The Kier molecular flexibility index (Phi) is 3.71. The Morgan fingerprint density at radius 1 is 1.57 bits per heavy atom. The number of hydrogen-bond acceptors (Lipinski definition) is 4. The Bertz CT molecular complexity index is 406. The van der Waals surface area contributed by atoms with Gasteiger partial charge in [-0.05, 0) is 12.1 Å². The zero-order valence-corrected chi connectivity index (χ0v) is 9.27. The van der Waals surface area contributed by atoms with E-state index < -0.39 is 9.84 Å². The zero-order valence-electron chi connectivity index (χ0n) is 7.70. The molecule has 0 aromatic carbocycles. The molecule has 0 aliphatic heterocycles. The summed E-state index contributed by atoms with van der Waals surface area (Å²) < 4.78 is 21.6. The summed E-state index contributed by atoms with van der Waals surface area (Å²) in [6.45, 7) is 0.374. The summed E-state index contributed by atoms with van der Waals surface area (Å²) in [6.07, 6.45) is 2.76. The van der Waals surface area contributed by atoms with Crippen LogP contribution in [0, 0.1) is 0 Å². The maximum absolute atomic E-state index is 10.8. The largest absolute Gasteiger partial charge is 0.384 e. The summed E-state index contributed by atoms with van der Waals surface area (Å²) in [7, 11) is -2.92. The Morgan fingerprint density at radius 3 is 2.86 bits per heavy atom. The minimum Gasteiger partial charge on any atom is -0.384 e. The van der Waals surface area contributed by atoms with Gasteiger partial charge in [-0.1, -0.05) is 11.6 Å². The number of nitrogens with zero attached hydrogens (tertiary/aromatic N) is 1. The van der Waals surface area contributed by atoms with E-state index in [4.69, 9.17) is 11.6 Å². The molecule has 0 spiro atoms. The van der Waals surface area contributed by atoms with Gasteiger partial charge in [-0.15, -0.1) is 0 Å². The highest BCUT2D eigenvalue weighted by Crippen LogP contribution is 2.11. The summed E-state index contributed by atoms with van der Waals surface area (Å²) >= 11 is 5.64. The summed E-state index contributed by atoms with van der Waals surface area (Å²) in [5.74, 6) is 0.104. The molecule has 6 heteroatoms. The van der Waals surface area contributed by atoms with Crippen LogP contribution in [-0.4, -0.2) is 32.0 Å². The number of rotatable bonds is 4. The van der Waals surface area contributed by atoms with E-state index >= 15 is 0 Å². The van der Waals surface area contributed by atoms with Gasteiger partial charge in [0.25, 0.3) is 0 Å². The van der Waals surface area contributed by atoms with Crippen molar-refractivity contribution in [3.63, 3.8) is 0 Å². The molecule has 0 unspecified atom stereocenters. The molecule has 0 radical (unpaired) electrons. The monoisotopic (exact) mass is 234 g/mol. The molecule has 14 heavy (non-hydrogen) atoms. The van der Waals surface area contributed by atoms with Crippen LogP contribution in [0.5, 0.6) is 0 Å². The molecule has 78 valence electrons. The maximum Gasteiger partial charge on any atom is 0.149 e. The molecule has 1 aromatic heterocycles. The van der Waals surface area contributed by atoms with Crippen molar-refractivity contribution >= 4 is 27.1 Å². The van der Waals surface area contributed by atoms with Gasteiger partial charge in [0, 0.05) is 24.7 Å². The minimum atomic E-state index is -2.92. The van der Waals surface area contributed by atoms with Crippen molar-refractivity contribution in [2.24, 2.45) is 0 Å². The van der Waals surface area contributed by atoms with Crippen LogP contribution in [0.1, 0.15) is 0 Å². The van der Waals surface area contributed by atoms with Gasteiger partial charge in [0.05, 0.1) is 5.75 Å². The Balaban J connectivity index is 2.47. The number of sulfone groups is 1. The third-order valence-electron chi connectivity index (χ3n) is 1.53. The molecule has 0 saturated carbocycles. The van der Waals surface area contributed by atoms with Gasteiger partial charge in [0.2, 0.25) is 0 Å². The van der Waals surface area contributed by atoms with Crippen molar-refractivity contribution in [3.8, 4) is 0 Å². The number of halogens is 1. The first-order valence-electron chi connectivity index (χ1n) is 4.00. The number of nitrogens with one attached hydrogen (secondary N) is 1. The first kappa shape index (κ1) is 11.3. The van der Waals surface area contributed by atoms with Crippen LogP contribution in [0.3, 0.4) is 0 Å². The third-order valence-corrected chi connectivity index (χ3v) is 2.68. The predicted molar refractivity (Wildman–Crippen MR) is 57.4 cm³/mol. The lowest BCUT2D eigenvalue weighted by molar-refractivity contribution is 0.602. The molecular formula is C8H11ClN2O2S. The average molecular weight is 235 g/mol. The van der Waals surface area contributed by atoms with Gasteiger partial charge in [0.15, 0.2) is 0 Å². The van der Waals surface area contributed by atoms with Crippen LogP contribution in [0.15, 0.2) is 18.3 Å². The number of pyridine rings is 1. The highest BCUT2D eigenvalue weighted by Gasteiger charge is 2.01. The van der Waals surface area contributed by atoms with Gasteiger partial charge >= 0.3 is 0 Å². The molecule has 0 atom stereocenters. The van der Waals surface area contributed by atoms with Crippen LogP contribution < -0.4 is 5.32 Å². The van der Waals surface area contributed by atoms with E-state index in [0.717, 1.165) is 5.69 Å². The number of anilines is 1. The first-order valence-corrected chi connectivity index (χ1v) is 6.44. The minimum absolute atomic E-state index is 0.104. The van der Waals surface area contributed by atoms with E-state index in [-0.39, 0.29) is 5.75 Å². The maximum atomic E-state index is 10.8. The SMILES string of the molecule is CS(=O)(=O)CCNc1ccnc(Cl)c1. The normalized spacial score (nSPS) is 11.3. The standard InChI is InChI=1S/C8H11ClN2O2S/c1-14(12,13)5-4-10-7-2-3-11-8(9)6-7/h2-3,6H,4-5H2,1H3,(H,10,11). The van der Waals surface area contributed by atoms with Crippen molar-refractivity contribution in [2.75, 3.05) is 23.9 Å². The van der Waals surface area contributed by atoms with E-state index in [1.807, 2.05) is 0 Å². The molecule has 1 aromatic rings. The Labute approximate surface area is 88.2 Å². The van der Waals surface area contributed by atoms with E-state index in [9.17, 15) is 8.42 Å². The fourth-order valence-corrected chi connectivity index (χ4v) is 1.54. The topological polar surface area (TPSA) is 59.1 Å². The molecule has 0 fully saturated rings. The van der Waals surface area contributed by atoms with E-state index in [1.165, 1.54) is 6.26 Å². The third kappa shape index (κ3) is 4.43. The van der Waals surface area contributed by atoms with Crippen molar-refractivity contribution < 1.29 is 8.42 Å². The lowest BCUT2D eigenvalue weighted by atomic mass is 10.4. The van der Waals surface area contributed by atoms with Crippen molar-refractivity contribution in [1.29, 1.82) is 0 Å². The van der Waals surface area contributed by atoms with Crippen molar-refractivity contribution in [2.45, 2.75) is 0 Å². The van der Waals surface area contributed by atoms with E-state index in [2.05, 4.69) is 10.3 Å². The highest BCUT2D eigenvalue weighted by molar-refractivity contribution is 7.90. The quantitative estimate of drug-likeness (QED) is 0.796. The number of hydrogen-bond donors (Lipinski definition) is 1. The molecule has 4 nitrogen and oxygen atoms in total. The molecule has 1 N–H and O–H groups in total. The molecule has 0 bridgehead atoms. The van der Waals surface area contributed by atoms with E-state index in [1.54, 1.807) is 18.3 Å². The molecule has 1 rings (SSSR count). The van der Waals surface area contributed by atoms with Crippen molar-refractivity contribution in [3.05, 3.63) is 23.5 Å². The Morgan fingerprint density at radius 2 is 2.29 bits per heavy atom. The van der Waals surface area contributed by atoms with Gasteiger partial charge in [0.1, 0.15) is 15.0 Å². The van der Waals surface area contributed by atoms with Gasteiger partial charge < -0.3 is 5.32 Å². The fraction of sp³-hybridized carbons (Fsp3) is 0.375. The molecule has 0 amide bonds. The van der Waals surface area contributed by atoms with Crippen LogP contribution in [0.2, 0.25) is 5.15 Å². The first-order chi connectivity index (χ1) is 6.47. The zero-order chi connectivity index (χ0) is 10.6. The summed E-state index contributed by atoms with van der Waals surface area (Å²) in [4.78, 5) is 3.80. The molecular weight excluding hydrogens is 224 g/mol. The molecule has 0 aliphatic carbocycles. The lowest BCUT2D eigenvalue weighted by Gasteiger charge is -2.04. The van der Waals surface area contributed by atoms with Gasteiger partial charge in [-0.3, -0.25) is 0 Å². The predicted octanol–water partition coefficient (Wildman–Crippen LogP) is 1.19. The average Bonchev–Trinajstić information content (AvgIpc) is 2.01. The Hall–Kier alpha value is -0.810. The fourth-order valence-electron chi connectivity index (χ4n) is 0.893. The lowest BCUT2D eigenvalue weighted by Crippen LogP contribution is -2.14. The van der Waals surface area contributed by atoms with Crippen molar-refractivity contribution in [1.82, 2.24) is 4.98 Å². The molecule has 0 aliphatic rings. The molecule has 1 heterocycles. The summed E-state index contributed by atoms with van der Waals surface area (Å²) in [5, 5.41) is 3.32. The van der Waals surface area contributed by atoms with Gasteiger partial charge in [-0.25, -0.2) is 13.4 Å². The summed E-state index contributed by atoms with van der Waals surface area (Å²) in [5.41, 5.74) is 0.772. The van der Waals surface area contributed by atoms with Crippen LogP contribution >= 0.6 is 11.6 Å². The van der Waals surface area contributed by atoms with E-state index in [0.29, 0.717) is 11.7 Å². The summed E-state index contributed by atoms with van der Waals surface area (Å²) in [6, 6.07) is 3.37. The molecule has 0 saturated heterocycles. The highest BCUT2D eigenvalue weighted by atomic mass is 35.5. The van der Waals surface area contributed by atoms with Crippen LogP contribution in [0.4, 0.5) is 5.69 Å². The smallest absolute Gasteiger partial charge is 0.149 e. The second-order valence-electron chi connectivity index (χ2n) is 2.92. The van der Waals surface area contributed by atoms with Gasteiger partial charge in [-0.2, -0.15) is 0 Å². The van der Waals surface area contributed by atoms with Crippen LogP contribution in [-0.2, 0) is 9.84 Å². The second-order valence-corrected chi connectivity index (χ2v) is 5.57.